The smallest absolute Gasteiger partial charge is 0.333 e. The highest BCUT2D eigenvalue weighted by Crippen LogP contribution is 2.21. The Bertz CT molecular complexity index is 338. The van der Waals surface area contributed by atoms with Gasteiger partial charge in [0.1, 0.15) is 6.10 Å². The lowest BCUT2D eigenvalue weighted by atomic mass is 10.0. The normalized spacial score (nSPS) is 21.0. The van der Waals surface area contributed by atoms with Crippen molar-refractivity contribution in [3.63, 3.8) is 0 Å². The van der Waals surface area contributed by atoms with E-state index in [2.05, 4.69) is 6.58 Å². The van der Waals surface area contributed by atoms with Gasteiger partial charge in [-0.15, -0.1) is 0 Å². The maximum atomic E-state index is 11.1. The summed E-state index contributed by atoms with van der Waals surface area (Å²) in [6.07, 6.45) is 1.43. The number of rotatable bonds is 2. The third-order valence-corrected chi connectivity index (χ3v) is 2.34. The van der Waals surface area contributed by atoms with Gasteiger partial charge in [0.2, 0.25) is 0 Å². The summed E-state index contributed by atoms with van der Waals surface area (Å²) in [6.45, 7) is 3.65. The zero-order valence-corrected chi connectivity index (χ0v) is 7.90. The highest BCUT2D eigenvalue weighted by Gasteiger charge is 2.26. The number of esters is 1. The maximum absolute atomic E-state index is 11.1. The molecule has 1 aliphatic rings. The molecule has 0 radical (unpaired) electrons. The lowest BCUT2D eigenvalue weighted by molar-refractivity contribution is -0.138. The molecule has 1 saturated heterocycles. The summed E-state index contributed by atoms with van der Waals surface area (Å²) in [5.41, 5.74) is 1.78. The van der Waals surface area contributed by atoms with Crippen LogP contribution in [-0.2, 0) is 16.0 Å². The van der Waals surface area contributed by atoms with E-state index in [-0.39, 0.29) is 12.1 Å². The average Bonchev–Trinajstić information content (AvgIpc) is 2.47. The third kappa shape index (κ3) is 1.84. The summed E-state index contributed by atoms with van der Waals surface area (Å²) in [7, 11) is 0. The fourth-order valence-electron chi connectivity index (χ4n) is 1.63. The van der Waals surface area contributed by atoms with Crippen LogP contribution in [0, 0.1) is 0 Å². The number of cyclic esters (lactones) is 1. The van der Waals surface area contributed by atoms with Crippen molar-refractivity contribution in [3.8, 4) is 0 Å². The van der Waals surface area contributed by atoms with E-state index >= 15 is 0 Å². The molecule has 1 heterocycles. The lowest BCUT2D eigenvalue weighted by Gasteiger charge is -2.07. The van der Waals surface area contributed by atoms with Crippen LogP contribution in [0.2, 0.25) is 0 Å². The van der Waals surface area contributed by atoms with E-state index in [0.29, 0.717) is 12.0 Å². The second-order valence-electron chi connectivity index (χ2n) is 3.52. The highest BCUT2D eigenvalue weighted by molar-refractivity contribution is 5.89. The fourth-order valence-corrected chi connectivity index (χ4v) is 1.63. The molecule has 2 heteroatoms. The molecule has 0 N–H and O–H groups in total. The molecule has 2 nitrogen and oxygen atoms in total. The molecule has 0 amide bonds. The molecule has 1 aliphatic heterocycles. The largest absolute Gasteiger partial charge is 0.458 e. The number of carbonyl (C=O) groups is 1. The Hall–Kier alpha value is -1.57. The van der Waals surface area contributed by atoms with Crippen molar-refractivity contribution in [2.24, 2.45) is 0 Å². The Labute approximate surface area is 83.2 Å². The SMILES string of the molecule is C=C1C[C@@H](Cc2ccccc2)OC1=O. The van der Waals surface area contributed by atoms with Gasteiger partial charge < -0.3 is 4.74 Å². The molecule has 14 heavy (non-hydrogen) atoms. The van der Waals surface area contributed by atoms with Crippen molar-refractivity contribution in [2.75, 3.05) is 0 Å². The van der Waals surface area contributed by atoms with Gasteiger partial charge in [-0.1, -0.05) is 36.9 Å². The lowest BCUT2D eigenvalue weighted by Crippen LogP contribution is -2.09. The summed E-state index contributed by atoms with van der Waals surface area (Å²) in [5, 5.41) is 0. The molecule has 0 aromatic heterocycles. The predicted molar refractivity (Wildman–Crippen MR) is 53.8 cm³/mol. The second kappa shape index (κ2) is 3.66. The third-order valence-electron chi connectivity index (χ3n) is 2.34. The minimum absolute atomic E-state index is 0.0163. The summed E-state index contributed by atoms with van der Waals surface area (Å²) in [5.74, 6) is -0.245. The van der Waals surface area contributed by atoms with Crippen LogP contribution in [0.5, 0.6) is 0 Å². The van der Waals surface area contributed by atoms with Crippen molar-refractivity contribution in [1.29, 1.82) is 0 Å². The van der Waals surface area contributed by atoms with Crippen LogP contribution >= 0.6 is 0 Å². The summed E-state index contributed by atoms with van der Waals surface area (Å²) < 4.78 is 5.14. The van der Waals surface area contributed by atoms with Crippen LogP contribution in [0.15, 0.2) is 42.5 Å². The van der Waals surface area contributed by atoms with E-state index in [4.69, 9.17) is 4.74 Å². The molecule has 72 valence electrons. The minimum Gasteiger partial charge on any atom is -0.458 e. The number of benzene rings is 1. The molecule has 1 fully saturated rings. The van der Waals surface area contributed by atoms with Crippen LogP contribution < -0.4 is 0 Å². The van der Waals surface area contributed by atoms with Gasteiger partial charge >= 0.3 is 5.97 Å². The molecule has 1 aromatic rings. The van der Waals surface area contributed by atoms with Crippen molar-refractivity contribution in [1.82, 2.24) is 0 Å². The Morgan fingerprint density at radius 1 is 1.36 bits per heavy atom. The molecule has 0 saturated carbocycles. The molecule has 0 spiro atoms. The Kier molecular flexibility index (Phi) is 2.35. The minimum atomic E-state index is -0.245. The van der Waals surface area contributed by atoms with Crippen LogP contribution in [0.1, 0.15) is 12.0 Å². The van der Waals surface area contributed by atoms with Gasteiger partial charge in [0.25, 0.3) is 0 Å². The second-order valence-corrected chi connectivity index (χ2v) is 3.52. The topological polar surface area (TPSA) is 26.3 Å². The summed E-state index contributed by atoms with van der Waals surface area (Å²) >= 11 is 0. The maximum Gasteiger partial charge on any atom is 0.333 e. The standard InChI is InChI=1S/C12H12O2/c1-9-7-11(14-12(9)13)8-10-5-3-2-4-6-10/h2-6,11H,1,7-8H2/t11-/m0/s1. The average molecular weight is 188 g/mol. The van der Waals surface area contributed by atoms with Gasteiger partial charge in [-0.2, -0.15) is 0 Å². The summed E-state index contributed by atoms with van der Waals surface area (Å²) in [4.78, 5) is 11.1. The van der Waals surface area contributed by atoms with Crippen molar-refractivity contribution < 1.29 is 9.53 Å². The highest BCUT2D eigenvalue weighted by atomic mass is 16.5. The van der Waals surface area contributed by atoms with Gasteiger partial charge in [0, 0.05) is 18.4 Å². The molecule has 2 rings (SSSR count). The van der Waals surface area contributed by atoms with E-state index in [9.17, 15) is 4.79 Å². The monoisotopic (exact) mass is 188 g/mol. The number of carbonyl (C=O) groups excluding carboxylic acids is 1. The van der Waals surface area contributed by atoms with Gasteiger partial charge in [-0.05, 0) is 5.56 Å². The van der Waals surface area contributed by atoms with Crippen molar-refractivity contribution in [2.45, 2.75) is 18.9 Å². The quantitative estimate of drug-likeness (QED) is 0.524. The number of ether oxygens (including phenoxy) is 1. The Balaban J connectivity index is 2.00. The van der Waals surface area contributed by atoms with E-state index in [0.717, 1.165) is 6.42 Å². The van der Waals surface area contributed by atoms with E-state index in [1.54, 1.807) is 0 Å². The zero-order chi connectivity index (χ0) is 9.97. The fraction of sp³-hybridized carbons (Fsp3) is 0.250. The van der Waals surface area contributed by atoms with Crippen molar-refractivity contribution in [3.05, 3.63) is 48.0 Å². The van der Waals surface area contributed by atoms with E-state index < -0.39 is 0 Å². The Morgan fingerprint density at radius 2 is 2.07 bits per heavy atom. The first-order valence-electron chi connectivity index (χ1n) is 4.68. The van der Waals surface area contributed by atoms with Crippen LogP contribution in [0.4, 0.5) is 0 Å². The number of hydrogen-bond acceptors (Lipinski definition) is 2. The first-order chi connectivity index (χ1) is 6.75. The van der Waals surface area contributed by atoms with E-state index in [1.807, 2.05) is 30.3 Å². The molecular formula is C12H12O2. The van der Waals surface area contributed by atoms with E-state index in [1.165, 1.54) is 5.56 Å². The molecule has 1 atom stereocenters. The van der Waals surface area contributed by atoms with Gasteiger partial charge in [-0.3, -0.25) is 0 Å². The summed E-state index contributed by atoms with van der Waals surface area (Å²) in [6, 6.07) is 10.0. The van der Waals surface area contributed by atoms with Crippen LogP contribution in [0.3, 0.4) is 0 Å². The molecule has 0 bridgehead atoms. The van der Waals surface area contributed by atoms with Gasteiger partial charge in [0.15, 0.2) is 0 Å². The van der Waals surface area contributed by atoms with Crippen molar-refractivity contribution >= 4 is 5.97 Å². The van der Waals surface area contributed by atoms with Gasteiger partial charge in [-0.25, -0.2) is 4.79 Å². The first-order valence-corrected chi connectivity index (χ1v) is 4.68. The zero-order valence-electron chi connectivity index (χ0n) is 7.90. The molecular weight excluding hydrogens is 176 g/mol. The van der Waals surface area contributed by atoms with Crippen LogP contribution in [-0.4, -0.2) is 12.1 Å². The van der Waals surface area contributed by atoms with Gasteiger partial charge in [0.05, 0.1) is 0 Å². The number of hydrogen-bond donors (Lipinski definition) is 0. The Morgan fingerprint density at radius 3 is 2.64 bits per heavy atom. The molecule has 0 unspecified atom stereocenters. The van der Waals surface area contributed by atoms with Crippen LogP contribution in [0.25, 0.3) is 0 Å². The molecule has 1 aromatic carbocycles. The molecule has 0 aliphatic carbocycles. The first kappa shape index (κ1) is 9.00. The predicted octanol–water partition coefficient (Wildman–Crippen LogP) is 2.10.